The van der Waals surface area contributed by atoms with Gasteiger partial charge in [-0.15, -0.1) is 10.2 Å². The maximum absolute atomic E-state index is 5.53. The molecule has 5 heteroatoms. The van der Waals surface area contributed by atoms with Crippen LogP contribution in [0, 0.1) is 0 Å². The van der Waals surface area contributed by atoms with Crippen molar-refractivity contribution >= 4 is 0 Å². The van der Waals surface area contributed by atoms with Crippen LogP contribution in [0.3, 0.4) is 0 Å². The van der Waals surface area contributed by atoms with Crippen molar-refractivity contribution in [1.29, 1.82) is 0 Å². The Hall–Kier alpha value is -0.940. The van der Waals surface area contributed by atoms with Gasteiger partial charge >= 0.3 is 0 Å². The van der Waals surface area contributed by atoms with Crippen molar-refractivity contribution in [2.45, 2.75) is 18.8 Å². The third kappa shape index (κ3) is 1.93. The van der Waals surface area contributed by atoms with Crippen LogP contribution in [0.25, 0.3) is 0 Å². The molecule has 1 aromatic rings. The molecule has 0 saturated carbocycles. The summed E-state index contributed by atoms with van der Waals surface area (Å²) in [6, 6.07) is 0. The summed E-state index contributed by atoms with van der Waals surface area (Å²) in [5.74, 6) is 1.86. The zero-order valence-corrected chi connectivity index (χ0v) is 8.44. The van der Waals surface area contributed by atoms with E-state index in [-0.39, 0.29) is 0 Å². The van der Waals surface area contributed by atoms with Crippen molar-refractivity contribution in [3.63, 3.8) is 0 Å². The van der Waals surface area contributed by atoms with E-state index in [2.05, 4.69) is 22.1 Å². The highest BCUT2D eigenvalue weighted by molar-refractivity contribution is 4.96. The van der Waals surface area contributed by atoms with Gasteiger partial charge in [-0.3, -0.25) is 0 Å². The molecular formula is C9H16N4O. The van der Waals surface area contributed by atoms with Gasteiger partial charge in [0, 0.05) is 19.5 Å². The molecule has 0 spiro atoms. The van der Waals surface area contributed by atoms with Gasteiger partial charge in [-0.25, -0.2) is 0 Å². The van der Waals surface area contributed by atoms with Crippen LogP contribution in [0.1, 0.15) is 24.1 Å². The molecular weight excluding hydrogens is 180 g/mol. The molecule has 1 aromatic heterocycles. The van der Waals surface area contributed by atoms with Crippen molar-refractivity contribution in [3.05, 3.63) is 11.8 Å². The first-order valence-electron chi connectivity index (χ1n) is 5.00. The number of hydrogen-bond donors (Lipinski definition) is 1. The van der Waals surface area contributed by atoms with Gasteiger partial charge in [0.1, 0.15) is 0 Å². The van der Waals surface area contributed by atoms with E-state index in [1.807, 2.05) is 0 Å². The zero-order valence-electron chi connectivity index (χ0n) is 8.44. The third-order valence-electron chi connectivity index (χ3n) is 2.58. The molecule has 0 aromatic carbocycles. The summed E-state index contributed by atoms with van der Waals surface area (Å²) in [4.78, 5) is 2.28. The largest absolute Gasteiger partial charge is 0.425 e. The van der Waals surface area contributed by atoms with Crippen LogP contribution in [0.4, 0.5) is 0 Å². The predicted molar refractivity (Wildman–Crippen MR) is 51.9 cm³/mol. The van der Waals surface area contributed by atoms with Crippen molar-refractivity contribution in [1.82, 2.24) is 15.1 Å². The minimum absolute atomic E-state index is 0.416. The van der Waals surface area contributed by atoms with E-state index in [0.29, 0.717) is 24.8 Å². The Kier molecular flexibility index (Phi) is 2.79. The maximum Gasteiger partial charge on any atom is 0.220 e. The molecule has 2 N–H and O–H groups in total. The average Bonchev–Trinajstić information content (AvgIpc) is 2.74. The molecule has 0 radical (unpaired) electrons. The molecule has 14 heavy (non-hydrogen) atoms. The van der Waals surface area contributed by atoms with Crippen LogP contribution in [0.2, 0.25) is 0 Å². The lowest BCUT2D eigenvalue weighted by Gasteiger charge is -2.05. The molecule has 1 saturated heterocycles. The Morgan fingerprint density at radius 1 is 1.57 bits per heavy atom. The lowest BCUT2D eigenvalue weighted by molar-refractivity contribution is 0.383. The first-order chi connectivity index (χ1) is 6.79. The minimum atomic E-state index is 0.416. The fourth-order valence-electron chi connectivity index (χ4n) is 1.79. The average molecular weight is 196 g/mol. The summed E-state index contributed by atoms with van der Waals surface area (Å²) >= 11 is 0. The summed E-state index contributed by atoms with van der Waals surface area (Å²) in [6.07, 6.45) is 1.79. The fraction of sp³-hybridized carbons (Fsp3) is 0.778. The highest BCUT2D eigenvalue weighted by Gasteiger charge is 2.25. The molecule has 1 unspecified atom stereocenters. The summed E-state index contributed by atoms with van der Waals surface area (Å²) in [5, 5.41) is 8.01. The van der Waals surface area contributed by atoms with Crippen LogP contribution < -0.4 is 5.73 Å². The fourth-order valence-corrected chi connectivity index (χ4v) is 1.79. The Morgan fingerprint density at radius 3 is 3.07 bits per heavy atom. The molecule has 2 heterocycles. The summed E-state index contributed by atoms with van der Waals surface area (Å²) in [5.41, 5.74) is 5.41. The van der Waals surface area contributed by atoms with E-state index < -0.39 is 0 Å². The molecule has 78 valence electrons. The highest BCUT2D eigenvalue weighted by Crippen LogP contribution is 2.24. The second-order valence-electron chi connectivity index (χ2n) is 3.82. The Balaban J connectivity index is 2.02. The van der Waals surface area contributed by atoms with E-state index in [9.17, 15) is 0 Å². The van der Waals surface area contributed by atoms with Gasteiger partial charge in [-0.05, 0) is 20.0 Å². The number of nitrogens with zero attached hydrogens (tertiary/aromatic N) is 3. The lowest BCUT2D eigenvalue weighted by atomic mass is 10.1. The SMILES string of the molecule is CN1CCC(c2nnc(CCN)o2)C1. The first-order valence-corrected chi connectivity index (χ1v) is 5.00. The lowest BCUT2D eigenvalue weighted by Crippen LogP contribution is -2.13. The minimum Gasteiger partial charge on any atom is -0.425 e. The number of hydrogen-bond acceptors (Lipinski definition) is 5. The van der Waals surface area contributed by atoms with Crippen LogP contribution >= 0.6 is 0 Å². The molecule has 1 atom stereocenters. The van der Waals surface area contributed by atoms with Gasteiger partial charge in [0.05, 0.1) is 5.92 Å². The summed E-state index contributed by atoms with van der Waals surface area (Å²) < 4.78 is 5.53. The van der Waals surface area contributed by atoms with E-state index in [4.69, 9.17) is 10.2 Å². The topological polar surface area (TPSA) is 68.2 Å². The molecule has 1 aliphatic rings. The standard InChI is InChI=1S/C9H16N4O/c1-13-5-3-7(6-13)9-12-11-8(14-9)2-4-10/h7H,2-6,10H2,1H3. The van der Waals surface area contributed by atoms with Crippen molar-refractivity contribution in [2.75, 3.05) is 26.7 Å². The van der Waals surface area contributed by atoms with Gasteiger partial charge in [-0.2, -0.15) is 0 Å². The number of rotatable bonds is 3. The Labute approximate surface area is 83.3 Å². The Bertz CT molecular complexity index is 299. The van der Waals surface area contributed by atoms with Gasteiger partial charge in [0.15, 0.2) is 0 Å². The quantitative estimate of drug-likeness (QED) is 0.736. The number of likely N-dealkylation sites (N-methyl/N-ethyl adjacent to an activating group) is 1. The first kappa shape index (κ1) is 9.61. The second kappa shape index (κ2) is 4.06. The molecule has 0 bridgehead atoms. The summed E-state index contributed by atoms with van der Waals surface area (Å²) in [7, 11) is 2.11. The second-order valence-corrected chi connectivity index (χ2v) is 3.82. The van der Waals surface area contributed by atoms with E-state index in [1.54, 1.807) is 0 Å². The molecule has 1 fully saturated rings. The number of likely N-dealkylation sites (tertiary alicyclic amines) is 1. The number of aromatic nitrogens is 2. The Morgan fingerprint density at radius 2 is 2.43 bits per heavy atom. The van der Waals surface area contributed by atoms with Gasteiger partial charge in [0.2, 0.25) is 11.8 Å². The van der Waals surface area contributed by atoms with Crippen molar-refractivity contribution in [2.24, 2.45) is 5.73 Å². The van der Waals surface area contributed by atoms with Gasteiger partial charge in [-0.1, -0.05) is 0 Å². The smallest absolute Gasteiger partial charge is 0.220 e. The predicted octanol–water partition coefficient (Wildman–Crippen LogP) is -0.0101. The monoisotopic (exact) mass is 196 g/mol. The molecule has 0 amide bonds. The van der Waals surface area contributed by atoms with Crippen molar-refractivity contribution in [3.8, 4) is 0 Å². The third-order valence-corrected chi connectivity index (χ3v) is 2.58. The molecule has 1 aliphatic heterocycles. The van der Waals surface area contributed by atoms with Gasteiger partial charge < -0.3 is 15.1 Å². The van der Waals surface area contributed by atoms with Crippen LogP contribution in [0.15, 0.2) is 4.42 Å². The molecule has 5 nitrogen and oxygen atoms in total. The van der Waals surface area contributed by atoms with Crippen molar-refractivity contribution < 1.29 is 4.42 Å². The van der Waals surface area contributed by atoms with E-state index in [1.165, 1.54) is 0 Å². The molecule has 2 rings (SSSR count). The molecule has 0 aliphatic carbocycles. The van der Waals surface area contributed by atoms with Crippen LogP contribution in [0.5, 0.6) is 0 Å². The number of nitrogens with two attached hydrogens (primary N) is 1. The highest BCUT2D eigenvalue weighted by atomic mass is 16.4. The van der Waals surface area contributed by atoms with Crippen LogP contribution in [-0.2, 0) is 6.42 Å². The van der Waals surface area contributed by atoms with E-state index >= 15 is 0 Å². The van der Waals surface area contributed by atoms with Gasteiger partial charge in [0.25, 0.3) is 0 Å². The summed E-state index contributed by atoms with van der Waals surface area (Å²) in [6.45, 7) is 2.69. The van der Waals surface area contributed by atoms with Crippen LogP contribution in [-0.4, -0.2) is 41.8 Å². The maximum atomic E-state index is 5.53. The van der Waals surface area contributed by atoms with E-state index in [0.717, 1.165) is 25.4 Å². The normalized spacial score (nSPS) is 23.1. The zero-order chi connectivity index (χ0) is 9.97.